The second-order valence-corrected chi connectivity index (χ2v) is 8.44. The van der Waals surface area contributed by atoms with E-state index < -0.39 is 0 Å². The van der Waals surface area contributed by atoms with Crippen LogP contribution in [0.1, 0.15) is 48.9 Å². The summed E-state index contributed by atoms with van der Waals surface area (Å²) >= 11 is 12.3. The maximum Gasteiger partial charge on any atom is 0.251 e. The number of halogens is 2. The van der Waals surface area contributed by atoms with Crippen molar-refractivity contribution >= 4 is 29.1 Å². The van der Waals surface area contributed by atoms with Crippen LogP contribution in [-0.2, 0) is 0 Å². The summed E-state index contributed by atoms with van der Waals surface area (Å²) in [4.78, 5) is 12.8. The lowest BCUT2D eigenvalue weighted by Gasteiger charge is -2.56. The van der Waals surface area contributed by atoms with E-state index in [2.05, 4.69) is 5.32 Å². The van der Waals surface area contributed by atoms with E-state index >= 15 is 0 Å². The number of benzene rings is 1. The van der Waals surface area contributed by atoms with Crippen molar-refractivity contribution in [3.05, 3.63) is 27.7 Å². The summed E-state index contributed by atoms with van der Waals surface area (Å²) in [5.74, 6) is 2.73. The Labute approximate surface area is 146 Å². The second kappa shape index (κ2) is 5.56. The van der Waals surface area contributed by atoms with Crippen LogP contribution in [0.2, 0.25) is 10.0 Å². The van der Waals surface area contributed by atoms with Gasteiger partial charge in [0.15, 0.2) is 5.75 Å². The quantitative estimate of drug-likeness (QED) is 0.854. The van der Waals surface area contributed by atoms with E-state index in [1.54, 1.807) is 12.1 Å². The molecule has 3 nitrogen and oxygen atoms in total. The maximum atomic E-state index is 12.8. The van der Waals surface area contributed by atoms with E-state index in [0.29, 0.717) is 21.4 Å². The average molecular weight is 354 g/mol. The van der Waals surface area contributed by atoms with Crippen molar-refractivity contribution in [2.75, 3.05) is 7.11 Å². The van der Waals surface area contributed by atoms with E-state index in [1.165, 1.54) is 26.4 Å². The van der Waals surface area contributed by atoms with E-state index in [4.69, 9.17) is 27.9 Å². The fraction of sp³-hybridized carbons (Fsp3) is 0.611. The lowest BCUT2D eigenvalue weighted by Crippen LogP contribution is -2.59. The monoisotopic (exact) mass is 353 g/mol. The molecule has 4 aliphatic carbocycles. The van der Waals surface area contributed by atoms with Crippen molar-refractivity contribution in [2.45, 2.75) is 44.1 Å². The van der Waals surface area contributed by atoms with Crippen LogP contribution in [-0.4, -0.2) is 18.6 Å². The number of carbonyl (C=O) groups is 1. The van der Waals surface area contributed by atoms with Crippen LogP contribution in [0.4, 0.5) is 0 Å². The largest absolute Gasteiger partial charge is 0.494 e. The first-order valence-corrected chi connectivity index (χ1v) is 9.09. The van der Waals surface area contributed by atoms with E-state index in [1.807, 2.05) is 0 Å². The van der Waals surface area contributed by atoms with Crippen LogP contribution < -0.4 is 10.1 Å². The molecule has 0 heterocycles. The Bertz CT molecular complexity index is 600. The number of hydrogen-bond acceptors (Lipinski definition) is 2. The number of amides is 1. The van der Waals surface area contributed by atoms with Crippen LogP contribution in [0.25, 0.3) is 0 Å². The number of hydrogen-bond donors (Lipinski definition) is 1. The summed E-state index contributed by atoms with van der Waals surface area (Å²) in [6.07, 6.45) is 7.45. The second-order valence-electron chi connectivity index (χ2n) is 7.63. The van der Waals surface area contributed by atoms with Gasteiger partial charge in [0.05, 0.1) is 17.2 Å². The number of carbonyl (C=O) groups excluding carboxylic acids is 1. The summed E-state index contributed by atoms with van der Waals surface area (Å²) < 4.78 is 5.15. The lowest BCUT2D eigenvalue weighted by atomic mass is 9.53. The zero-order valence-electron chi connectivity index (χ0n) is 13.2. The SMILES string of the molecule is COc1c(Cl)cc(C(=O)NC23CC4CC(CC(C4)C2)C3)cc1Cl. The first-order valence-electron chi connectivity index (χ1n) is 8.33. The zero-order valence-corrected chi connectivity index (χ0v) is 14.7. The van der Waals surface area contributed by atoms with Crippen molar-refractivity contribution < 1.29 is 9.53 Å². The fourth-order valence-electron chi connectivity index (χ4n) is 5.46. The van der Waals surface area contributed by atoms with E-state index in [-0.39, 0.29) is 11.4 Å². The first kappa shape index (κ1) is 15.6. The Hall–Kier alpha value is -0.930. The molecule has 0 aliphatic heterocycles. The molecule has 4 saturated carbocycles. The standard InChI is InChI=1S/C18H21Cl2NO2/c1-23-16-14(19)5-13(6-15(16)20)17(22)21-18-7-10-2-11(8-18)4-12(3-10)9-18/h5-6,10-12H,2-4,7-9H2,1H3,(H,21,22). The molecule has 0 spiro atoms. The maximum absolute atomic E-state index is 12.8. The van der Waals surface area contributed by atoms with Gasteiger partial charge in [-0.25, -0.2) is 0 Å². The zero-order chi connectivity index (χ0) is 16.2. The molecular formula is C18H21Cl2NO2. The van der Waals surface area contributed by atoms with Crippen LogP contribution in [0, 0.1) is 17.8 Å². The smallest absolute Gasteiger partial charge is 0.251 e. The minimum atomic E-state index is -0.0709. The highest BCUT2D eigenvalue weighted by atomic mass is 35.5. The van der Waals surface area contributed by atoms with Gasteiger partial charge in [-0.2, -0.15) is 0 Å². The minimum Gasteiger partial charge on any atom is -0.494 e. The van der Waals surface area contributed by atoms with Gasteiger partial charge in [-0.1, -0.05) is 23.2 Å². The molecule has 23 heavy (non-hydrogen) atoms. The molecule has 4 bridgehead atoms. The van der Waals surface area contributed by atoms with Gasteiger partial charge >= 0.3 is 0 Å². The number of nitrogens with one attached hydrogen (secondary N) is 1. The van der Waals surface area contributed by atoms with Gasteiger partial charge in [0.25, 0.3) is 5.91 Å². The van der Waals surface area contributed by atoms with Crippen molar-refractivity contribution in [3.63, 3.8) is 0 Å². The van der Waals surface area contributed by atoms with Gasteiger partial charge in [-0.15, -0.1) is 0 Å². The predicted octanol–water partition coefficient (Wildman–Crippen LogP) is 4.70. The fourth-order valence-corrected chi connectivity index (χ4v) is 6.10. The Kier molecular flexibility index (Phi) is 3.77. The van der Waals surface area contributed by atoms with Crippen molar-refractivity contribution in [1.82, 2.24) is 5.32 Å². The van der Waals surface area contributed by atoms with Crippen molar-refractivity contribution in [1.29, 1.82) is 0 Å². The number of ether oxygens (including phenoxy) is 1. The topological polar surface area (TPSA) is 38.3 Å². The molecule has 0 unspecified atom stereocenters. The predicted molar refractivity (Wildman–Crippen MR) is 91.4 cm³/mol. The molecule has 4 fully saturated rings. The normalized spacial score (nSPS) is 34.5. The molecule has 124 valence electrons. The van der Waals surface area contributed by atoms with Gasteiger partial charge in [0.1, 0.15) is 0 Å². The molecule has 1 aromatic carbocycles. The van der Waals surface area contributed by atoms with E-state index in [9.17, 15) is 4.79 Å². The van der Waals surface area contributed by atoms with Crippen LogP contribution in [0.3, 0.4) is 0 Å². The Morgan fingerprint density at radius 3 is 2.00 bits per heavy atom. The van der Waals surface area contributed by atoms with E-state index in [0.717, 1.165) is 37.0 Å². The van der Waals surface area contributed by atoms with Gasteiger partial charge < -0.3 is 10.1 Å². The summed E-state index contributed by atoms with van der Waals surface area (Å²) in [6, 6.07) is 3.28. The summed E-state index contributed by atoms with van der Waals surface area (Å²) in [7, 11) is 1.52. The third kappa shape index (κ3) is 2.72. The number of methoxy groups -OCH3 is 1. The Balaban J connectivity index is 1.56. The van der Waals surface area contributed by atoms with Crippen molar-refractivity contribution in [2.24, 2.45) is 17.8 Å². The molecule has 1 N–H and O–H groups in total. The molecule has 0 aromatic heterocycles. The third-order valence-corrected chi connectivity index (χ3v) is 6.44. The molecule has 5 heteroatoms. The summed E-state index contributed by atoms with van der Waals surface area (Å²) in [5.41, 5.74) is 0.501. The van der Waals surface area contributed by atoms with Crippen LogP contribution >= 0.6 is 23.2 Å². The highest BCUT2D eigenvalue weighted by Gasteiger charge is 2.51. The molecule has 0 atom stereocenters. The molecule has 1 amide bonds. The molecule has 1 aromatic rings. The highest BCUT2D eigenvalue weighted by Crippen LogP contribution is 2.55. The third-order valence-electron chi connectivity index (χ3n) is 5.88. The molecular weight excluding hydrogens is 333 g/mol. The van der Waals surface area contributed by atoms with Gasteiger partial charge in [0, 0.05) is 11.1 Å². The summed E-state index contributed by atoms with van der Waals surface area (Å²) in [6.45, 7) is 0. The highest BCUT2D eigenvalue weighted by molar-refractivity contribution is 6.37. The average Bonchev–Trinajstić information content (AvgIpc) is 2.44. The summed E-state index contributed by atoms with van der Waals surface area (Å²) in [5, 5.41) is 4.08. The van der Waals surface area contributed by atoms with Crippen LogP contribution in [0.15, 0.2) is 12.1 Å². The van der Waals surface area contributed by atoms with Gasteiger partial charge in [-0.05, 0) is 68.4 Å². The first-order chi connectivity index (χ1) is 11.0. The Morgan fingerprint density at radius 1 is 1.09 bits per heavy atom. The minimum absolute atomic E-state index is 0.00921. The number of rotatable bonds is 3. The van der Waals surface area contributed by atoms with Gasteiger partial charge in [-0.3, -0.25) is 4.79 Å². The van der Waals surface area contributed by atoms with Gasteiger partial charge in [0.2, 0.25) is 0 Å². The van der Waals surface area contributed by atoms with Crippen LogP contribution in [0.5, 0.6) is 5.75 Å². The lowest BCUT2D eigenvalue weighted by molar-refractivity contribution is -0.0167. The molecule has 0 radical (unpaired) electrons. The molecule has 5 rings (SSSR count). The van der Waals surface area contributed by atoms with Crippen molar-refractivity contribution in [3.8, 4) is 5.75 Å². The molecule has 0 saturated heterocycles. The molecule has 4 aliphatic rings. The Morgan fingerprint density at radius 2 is 1.57 bits per heavy atom.